The molecule has 0 amide bonds. The summed E-state index contributed by atoms with van der Waals surface area (Å²) < 4.78 is 101. The van der Waals surface area contributed by atoms with Gasteiger partial charge in [-0.15, -0.1) is 0 Å². The van der Waals surface area contributed by atoms with Gasteiger partial charge in [0.05, 0.1) is 53.0 Å². The summed E-state index contributed by atoms with van der Waals surface area (Å²) in [5.41, 5.74) is 17.8. The van der Waals surface area contributed by atoms with Crippen LogP contribution in [0.1, 0.15) is 13.7 Å². The molecule has 0 N–H and O–H groups in total. The van der Waals surface area contributed by atoms with Gasteiger partial charge in [0.1, 0.15) is 17.1 Å². The SMILES string of the molecule is [2H]c1c([2H])c([2H])c(-c2cccc(-c3c([2H])c([2H])c([2H])c([2H])c3[2H])c2-[n+]2[c-]n(-c3cccc(Oc4cccc(-n5c6cc7c8c(c6c6cccnc65)N(c5ccccc5)c5cccc6c5B8c5c(cccc5N7c5ccccc5)N6c5ccccc5)c4)c3)c3ccccc32)c([2H])c1[2H]. The Kier molecular flexibility index (Phi) is 8.89. The molecule has 0 unspecified atom stereocenters. The lowest BCUT2D eigenvalue weighted by Crippen LogP contribution is -2.64. The third-order valence-corrected chi connectivity index (χ3v) is 17.0. The van der Waals surface area contributed by atoms with Gasteiger partial charge in [-0.05, 0) is 148 Å². The first kappa shape index (κ1) is 39.7. The minimum atomic E-state index is -0.575. The predicted molar refractivity (Wildman–Crippen MR) is 355 cm³/mol. The van der Waals surface area contributed by atoms with Crippen LogP contribution >= 0.6 is 0 Å². The summed E-state index contributed by atoms with van der Waals surface area (Å²) in [7, 11) is 0. The molecular formula is C78H50BN7O. The minimum Gasteiger partial charge on any atom is -0.458 e. The summed E-state index contributed by atoms with van der Waals surface area (Å²) in [6.07, 6.45) is 5.34. The third kappa shape index (κ3) is 7.46. The van der Waals surface area contributed by atoms with Crippen molar-refractivity contribution < 1.29 is 23.0 Å². The van der Waals surface area contributed by atoms with Gasteiger partial charge in [0.15, 0.2) is 0 Å². The Morgan fingerprint density at radius 1 is 0.425 bits per heavy atom. The van der Waals surface area contributed by atoms with Crippen molar-refractivity contribution in [2.24, 2.45) is 0 Å². The highest BCUT2D eigenvalue weighted by atomic mass is 16.5. The lowest BCUT2D eigenvalue weighted by atomic mass is 9.31. The van der Waals surface area contributed by atoms with Crippen LogP contribution in [0.25, 0.3) is 72.3 Å². The molecule has 3 aromatic heterocycles. The zero-order valence-corrected chi connectivity index (χ0v) is 46.2. The van der Waals surface area contributed by atoms with Gasteiger partial charge >= 0.3 is 0 Å². The summed E-state index contributed by atoms with van der Waals surface area (Å²) in [4.78, 5) is 12.6. The van der Waals surface area contributed by atoms with Gasteiger partial charge in [-0.2, -0.15) is 0 Å². The first-order chi connectivity index (χ1) is 47.4. The van der Waals surface area contributed by atoms with Crippen LogP contribution in [0.15, 0.2) is 303 Å². The molecule has 9 heteroatoms. The number of hydrogen-bond acceptors (Lipinski definition) is 5. The number of aromatic nitrogens is 4. The fraction of sp³-hybridized carbons (Fsp3) is 0. The minimum absolute atomic E-state index is 0.141. The number of rotatable bonds is 10. The van der Waals surface area contributed by atoms with Crippen LogP contribution in [0.4, 0.5) is 51.2 Å². The van der Waals surface area contributed by atoms with Crippen LogP contribution < -0.4 is 40.4 Å². The molecule has 15 aromatic rings. The smallest absolute Gasteiger partial charge is 0.269 e. The highest BCUT2D eigenvalue weighted by Gasteiger charge is 2.50. The molecule has 0 spiro atoms. The summed E-state index contributed by atoms with van der Waals surface area (Å²) in [6.45, 7) is -0.150. The Bertz CT molecular complexity index is 5710. The van der Waals surface area contributed by atoms with Crippen LogP contribution in [0.2, 0.25) is 0 Å². The number of hydrogen-bond donors (Lipinski definition) is 0. The van der Waals surface area contributed by atoms with Gasteiger partial charge in [0.25, 0.3) is 13.0 Å². The average molecular weight is 1120 g/mol. The molecule has 3 aliphatic heterocycles. The number of nitrogens with zero attached hydrogens (tertiary/aromatic N) is 7. The molecule has 406 valence electrons. The largest absolute Gasteiger partial charge is 0.458 e. The van der Waals surface area contributed by atoms with E-state index in [1.165, 1.54) is 16.4 Å². The highest BCUT2D eigenvalue weighted by Crippen LogP contribution is 2.53. The molecule has 18 rings (SSSR count). The maximum absolute atomic E-state index is 9.16. The molecule has 0 fully saturated rings. The van der Waals surface area contributed by atoms with Gasteiger partial charge in [0, 0.05) is 68.5 Å². The van der Waals surface area contributed by atoms with Crippen molar-refractivity contribution >= 4 is 107 Å². The second kappa shape index (κ2) is 19.5. The van der Waals surface area contributed by atoms with Crippen LogP contribution in [0, 0.1) is 6.33 Å². The zero-order valence-electron chi connectivity index (χ0n) is 56.2. The van der Waals surface area contributed by atoms with E-state index < -0.39 is 60.4 Å². The van der Waals surface area contributed by atoms with Crippen molar-refractivity contribution in [2.75, 3.05) is 14.7 Å². The first-order valence-corrected chi connectivity index (χ1v) is 28.7. The van der Waals surface area contributed by atoms with Crippen LogP contribution in [-0.4, -0.2) is 20.8 Å². The van der Waals surface area contributed by atoms with E-state index in [-0.39, 0.29) is 34.7 Å². The van der Waals surface area contributed by atoms with Crippen LogP contribution in [0.5, 0.6) is 11.5 Å². The average Bonchev–Trinajstić information content (AvgIpc) is 1.00. The van der Waals surface area contributed by atoms with Crippen LogP contribution in [0.3, 0.4) is 0 Å². The van der Waals surface area contributed by atoms with Crippen molar-refractivity contribution in [1.29, 1.82) is 0 Å². The Labute approximate surface area is 517 Å². The lowest BCUT2D eigenvalue weighted by molar-refractivity contribution is -0.571. The lowest BCUT2D eigenvalue weighted by Gasteiger charge is -2.49. The van der Waals surface area contributed by atoms with E-state index in [1.54, 1.807) is 22.8 Å². The van der Waals surface area contributed by atoms with E-state index in [2.05, 4.69) is 171 Å². The molecule has 0 atom stereocenters. The predicted octanol–water partition coefficient (Wildman–Crippen LogP) is 17.2. The summed E-state index contributed by atoms with van der Waals surface area (Å²) in [6, 6.07) is 74.4. The second-order valence-corrected chi connectivity index (χ2v) is 21.7. The maximum Gasteiger partial charge on any atom is 0.269 e. The monoisotopic (exact) mass is 1120 g/mol. The second-order valence-electron chi connectivity index (χ2n) is 21.7. The van der Waals surface area contributed by atoms with E-state index in [1.807, 2.05) is 83.6 Å². The number of imidazole rings is 1. The number of ether oxygens (including phenoxy) is 1. The number of anilines is 9. The first-order valence-electron chi connectivity index (χ1n) is 33.7. The van der Waals surface area contributed by atoms with Crippen molar-refractivity contribution in [3.8, 4) is 50.8 Å². The molecule has 8 nitrogen and oxygen atoms in total. The summed E-state index contributed by atoms with van der Waals surface area (Å²) >= 11 is 0. The number of para-hydroxylation sites is 6. The Morgan fingerprint density at radius 2 is 0.931 bits per heavy atom. The standard InChI is InChI=1S/C78H50BN7O/c1-6-24-52(25-7-1)61-38-20-39-62(53-26-8-2-9-27-53)76(61)82-51-81(64-41-16-17-42-65(64)82)57-34-18-36-59(48-57)87-60-37-19-35-58(49-60)86-70-50-71-75-77(72(70)63-40-23-47-80-78(63)86)85(56-32-14-5-15-33-56)69-46-22-44-67-74(69)79(75)73-66(83(67)54-28-10-3-11-29-54)43-21-45-68(73)84(71)55-30-12-4-13-31-55/h1-50H/i1D,2D,6D,7D,8D,9D,24D,25D,26D,27D. The Balaban J connectivity index is 0.809. The molecule has 0 saturated heterocycles. The summed E-state index contributed by atoms with van der Waals surface area (Å²) in [5.74, 6) is 1.02. The Hall–Kier alpha value is -11.7. The summed E-state index contributed by atoms with van der Waals surface area (Å²) in [5, 5.41) is 2.02. The molecular weight excluding hydrogens is 1060 g/mol. The fourth-order valence-corrected chi connectivity index (χ4v) is 13.7. The normalized spacial score (nSPS) is 14.3. The van der Waals surface area contributed by atoms with E-state index in [4.69, 9.17) is 23.4 Å². The van der Waals surface area contributed by atoms with Gasteiger partial charge in [0.2, 0.25) is 0 Å². The molecule has 0 aliphatic carbocycles. The van der Waals surface area contributed by atoms with E-state index in [0.717, 1.165) is 78.8 Å². The van der Waals surface area contributed by atoms with Gasteiger partial charge in [-0.1, -0.05) is 182 Å². The molecule has 6 heterocycles. The fourth-order valence-electron chi connectivity index (χ4n) is 13.7. The third-order valence-electron chi connectivity index (χ3n) is 17.0. The van der Waals surface area contributed by atoms with E-state index in [0.29, 0.717) is 28.2 Å². The Morgan fingerprint density at radius 3 is 1.55 bits per heavy atom. The number of benzene rings is 12. The maximum atomic E-state index is 9.16. The highest BCUT2D eigenvalue weighted by molar-refractivity contribution is 7.03. The van der Waals surface area contributed by atoms with Crippen molar-refractivity contribution in [3.05, 3.63) is 310 Å². The number of fused-ring (bicyclic) bond motifs is 5. The van der Waals surface area contributed by atoms with Gasteiger partial charge in [-0.25, -0.2) is 4.98 Å². The molecule has 3 aliphatic rings. The molecule has 0 saturated carbocycles. The molecule has 0 radical (unpaired) electrons. The quantitative estimate of drug-likeness (QED) is 0.0776. The van der Waals surface area contributed by atoms with E-state index >= 15 is 0 Å². The van der Waals surface area contributed by atoms with Crippen LogP contribution in [-0.2, 0) is 0 Å². The molecule has 0 bridgehead atoms. The van der Waals surface area contributed by atoms with Crippen molar-refractivity contribution in [1.82, 2.24) is 14.1 Å². The van der Waals surface area contributed by atoms with Gasteiger partial charge in [-0.3, -0.25) is 13.7 Å². The van der Waals surface area contributed by atoms with Gasteiger partial charge < -0.3 is 19.4 Å². The molecule has 87 heavy (non-hydrogen) atoms. The topological polar surface area (TPSA) is 45.6 Å². The van der Waals surface area contributed by atoms with Crippen molar-refractivity contribution in [2.45, 2.75) is 0 Å². The van der Waals surface area contributed by atoms with Crippen molar-refractivity contribution in [3.63, 3.8) is 0 Å². The molecule has 12 aromatic carbocycles. The zero-order chi connectivity index (χ0) is 65.8. The number of pyridine rings is 1. The van der Waals surface area contributed by atoms with E-state index in [9.17, 15) is 0 Å².